The van der Waals surface area contributed by atoms with Gasteiger partial charge in [0.1, 0.15) is 5.75 Å². The van der Waals surface area contributed by atoms with Crippen LogP contribution in [-0.4, -0.2) is 10.1 Å². The molecule has 72 valence electrons. The number of aryl methyl sites for hydroxylation is 1. The second kappa shape index (κ2) is 3.36. The number of pyridine rings is 1. The number of nitrogens with zero attached hydrogens (tertiary/aromatic N) is 1. The Hall–Kier alpha value is -1.05. The highest BCUT2D eigenvalue weighted by Gasteiger charge is 2.13. The van der Waals surface area contributed by atoms with Crippen LogP contribution in [0.1, 0.15) is 42.3 Å². The van der Waals surface area contributed by atoms with Crippen molar-refractivity contribution < 1.29 is 5.11 Å². The lowest BCUT2D eigenvalue weighted by atomic mass is 10.0. The van der Waals surface area contributed by atoms with E-state index in [0.29, 0.717) is 5.75 Å². The van der Waals surface area contributed by atoms with E-state index in [1.807, 2.05) is 34.6 Å². The third-order valence-electron chi connectivity index (χ3n) is 2.54. The van der Waals surface area contributed by atoms with Gasteiger partial charge in [0.2, 0.25) is 0 Å². The minimum atomic E-state index is 0.276. The molecule has 0 aliphatic rings. The Labute approximate surface area is 79.6 Å². The molecule has 0 aliphatic heterocycles. The normalized spacial score (nSPS) is 10.9. The van der Waals surface area contributed by atoms with Gasteiger partial charge >= 0.3 is 0 Å². The van der Waals surface area contributed by atoms with E-state index in [1.165, 1.54) is 0 Å². The Balaban J connectivity index is 3.41. The fourth-order valence-electron chi connectivity index (χ4n) is 1.36. The average molecular weight is 179 g/mol. The van der Waals surface area contributed by atoms with Crippen LogP contribution in [0.4, 0.5) is 0 Å². The lowest BCUT2D eigenvalue weighted by molar-refractivity contribution is 0.454. The lowest BCUT2D eigenvalue weighted by Gasteiger charge is -2.13. The van der Waals surface area contributed by atoms with Crippen LogP contribution in [0.2, 0.25) is 0 Å². The zero-order valence-corrected chi connectivity index (χ0v) is 8.97. The maximum absolute atomic E-state index is 9.81. The fraction of sp³-hybridized carbons (Fsp3) is 0.545. The van der Waals surface area contributed by atoms with E-state index >= 15 is 0 Å². The highest BCUT2D eigenvalue weighted by atomic mass is 16.3. The summed E-state index contributed by atoms with van der Waals surface area (Å²) in [6.07, 6.45) is 0. The maximum Gasteiger partial charge on any atom is 0.140 e. The zero-order chi connectivity index (χ0) is 10.2. The van der Waals surface area contributed by atoms with Gasteiger partial charge in [-0.3, -0.25) is 4.98 Å². The Bertz CT molecular complexity index is 329. The van der Waals surface area contributed by atoms with Crippen molar-refractivity contribution in [2.75, 3.05) is 0 Å². The molecule has 1 N–H and O–H groups in total. The topological polar surface area (TPSA) is 33.1 Å². The molecule has 0 aliphatic carbocycles. The predicted octanol–water partition coefficient (Wildman–Crippen LogP) is 2.84. The fourth-order valence-corrected chi connectivity index (χ4v) is 1.36. The molecule has 0 saturated carbocycles. The molecule has 2 heteroatoms. The van der Waals surface area contributed by atoms with Crippen molar-refractivity contribution in [3.05, 3.63) is 22.5 Å². The molecule has 2 nitrogen and oxygen atoms in total. The van der Waals surface area contributed by atoms with Crippen LogP contribution in [0.5, 0.6) is 5.75 Å². The van der Waals surface area contributed by atoms with E-state index in [-0.39, 0.29) is 5.92 Å². The van der Waals surface area contributed by atoms with Crippen molar-refractivity contribution >= 4 is 0 Å². The van der Waals surface area contributed by atoms with Gasteiger partial charge in [-0.2, -0.15) is 0 Å². The smallest absolute Gasteiger partial charge is 0.140 e. The number of hydrogen-bond donors (Lipinski definition) is 1. The van der Waals surface area contributed by atoms with Crippen molar-refractivity contribution in [3.63, 3.8) is 0 Å². The quantitative estimate of drug-likeness (QED) is 0.719. The molecule has 0 fully saturated rings. The Kier molecular flexibility index (Phi) is 2.60. The van der Waals surface area contributed by atoms with Crippen molar-refractivity contribution in [1.29, 1.82) is 0 Å². The first-order valence-electron chi connectivity index (χ1n) is 4.61. The summed E-state index contributed by atoms with van der Waals surface area (Å²) in [5.41, 5.74) is 3.86. The molecular weight excluding hydrogens is 162 g/mol. The number of aromatic nitrogens is 1. The third-order valence-corrected chi connectivity index (χ3v) is 2.54. The summed E-state index contributed by atoms with van der Waals surface area (Å²) in [5, 5.41) is 9.81. The van der Waals surface area contributed by atoms with Gasteiger partial charge in [0, 0.05) is 5.69 Å². The van der Waals surface area contributed by atoms with Crippen molar-refractivity contribution in [2.24, 2.45) is 0 Å². The van der Waals surface area contributed by atoms with Gasteiger partial charge in [0.15, 0.2) is 0 Å². The van der Waals surface area contributed by atoms with Gasteiger partial charge in [0.25, 0.3) is 0 Å². The SMILES string of the molecule is Cc1nc(C(C)C)c(O)c(C)c1C. The van der Waals surface area contributed by atoms with Crippen LogP contribution in [0.3, 0.4) is 0 Å². The van der Waals surface area contributed by atoms with E-state index in [4.69, 9.17) is 0 Å². The predicted molar refractivity (Wildman–Crippen MR) is 54.2 cm³/mol. The number of rotatable bonds is 1. The van der Waals surface area contributed by atoms with Gasteiger partial charge in [-0.05, 0) is 37.8 Å². The lowest BCUT2D eigenvalue weighted by Crippen LogP contribution is -2.00. The molecule has 1 heterocycles. The number of aromatic hydroxyl groups is 1. The summed E-state index contributed by atoms with van der Waals surface area (Å²) in [7, 11) is 0. The molecule has 1 rings (SSSR count). The van der Waals surface area contributed by atoms with Crippen LogP contribution < -0.4 is 0 Å². The molecule has 0 aromatic carbocycles. The van der Waals surface area contributed by atoms with Crippen LogP contribution in [0.15, 0.2) is 0 Å². The molecule has 0 unspecified atom stereocenters. The molecule has 0 amide bonds. The monoisotopic (exact) mass is 179 g/mol. The summed E-state index contributed by atoms with van der Waals surface area (Å²) < 4.78 is 0. The molecule has 0 bridgehead atoms. The summed E-state index contributed by atoms with van der Waals surface area (Å²) in [4.78, 5) is 4.38. The van der Waals surface area contributed by atoms with Crippen LogP contribution >= 0.6 is 0 Å². The molecule has 13 heavy (non-hydrogen) atoms. The highest BCUT2D eigenvalue weighted by molar-refractivity contribution is 5.43. The summed E-state index contributed by atoms with van der Waals surface area (Å²) in [5.74, 6) is 0.635. The summed E-state index contributed by atoms with van der Waals surface area (Å²) in [6.45, 7) is 9.98. The van der Waals surface area contributed by atoms with Gasteiger partial charge in [-0.25, -0.2) is 0 Å². The first kappa shape index (κ1) is 10.0. The summed E-state index contributed by atoms with van der Waals surface area (Å²) >= 11 is 0. The molecule has 0 saturated heterocycles. The van der Waals surface area contributed by atoms with Crippen LogP contribution in [0, 0.1) is 20.8 Å². The van der Waals surface area contributed by atoms with Crippen molar-refractivity contribution in [1.82, 2.24) is 4.98 Å². The Morgan fingerprint density at radius 2 is 1.62 bits per heavy atom. The van der Waals surface area contributed by atoms with Gasteiger partial charge in [-0.15, -0.1) is 0 Å². The molecule has 1 aromatic heterocycles. The number of hydrogen-bond acceptors (Lipinski definition) is 2. The zero-order valence-electron chi connectivity index (χ0n) is 8.97. The van der Waals surface area contributed by atoms with Crippen molar-refractivity contribution in [2.45, 2.75) is 40.5 Å². The van der Waals surface area contributed by atoms with E-state index in [9.17, 15) is 5.11 Å². The highest BCUT2D eigenvalue weighted by Crippen LogP contribution is 2.29. The molecule has 0 atom stereocenters. The second-order valence-corrected chi connectivity index (χ2v) is 3.84. The van der Waals surface area contributed by atoms with E-state index < -0.39 is 0 Å². The first-order chi connectivity index (χ1) is 5.95. The van der Waals surface area contributed by atoms with E-state index in [0.717, 1.165) is 22.5 Å². The summed E-state index contributed by atoms with van der Waals surface area (Å²) in [6, 6.07) is 0. The minimum Gasteiger partial charge on any atom is -0.506 e. The van der Waals surface area contributed by atoms with Gasteiger partial charge < -0.3 is 5.11 Å². The second-order valence-electron chi connectivity index (χ2n) is 3.84. The standard InChI is InChI=1S/C11H17NO/c1-6(2)10-11(13)8(4)7(3)9(5)12-10/h6,13H,1-5H3. The van der Waals surface area contributed by atoms with E-state index in [2.05, 4.69) is 4.98 Å². The van der Waals surface area contributed by atoms with E-state index in [1.54, 1.807) is 0 Å². The Morgan fingerprint density at radius 1 is 1.08 bits per heavy atom. The molecule has 1 aromatic rings. The Morgan fingerprint density at radius 3 is 2.08 bits per heavy atom. The maximum atomic E-state index is 9.81. The van der Waals surface area contributed by atoms with Crippen molar-refractivity contribution in [3.8, 4) is 5.75 Å². The van der Waals surface area contributed by atoms with Crippen LogP contribution in [-0.2, 0) is 0 Å². The third kappa shape index (κ3) is 1.67. The molecule has 0 spiro atoms. The minimum absolute atomic E-state index is 0.276. The molecule has 0 radical (unpaired) electrons. The van der Waals surface area contributed by atoms with Gasteiger partial charge in [-0.1, -0.05) is 13.8 Å². The van der Waals surface area contributed by atoms with Crippen LogP contribution in [0.25, 0.3) is 0 Å². The first-order valence-corrected chi connectivity index (χ1v) is 4.61. The van der Waals surface area contributed by atoms with Gasteiger partial charge in [0.05, 0.1) is 5.69 Å². The largest absolute Gasteiger partial charge is 0.506 e. The average Bonchev–Trinajstić information content (AvgIpc) is 2.07. The molecular formula is C11H17NO.